The Bertz CT molecular complexity index is 1190. The molecule has 0 aliphatic carbocycles. The number of amides is 1. The van der Waals surface area contributed by atoms with E-state index in [0.29, 0.717) is 30.1 Å². The molecular formula is C23H23F2N5O2. The second-order valence-corrected chi connectivity index (χ2v) is 7.63. The van der Waals surface area contributed by atoms with Crippen molar-refractivity contribution in [2.75, 3.05) is 13.7 Å². The third-order valence-electron chi connectivity index (χ3n) is 5.54. The number of methoxy groups -OCH3 is 1. The number of benzene rings is 1. The zero-order valence-corrected chi connectivity index (χ0v) is 18.0. The van der Waals surface area contributed by atoms with Crippen molar-refractivity contribution in [3.05, 3.63) is 71.1 Å². The number of aromatic nitrogens is 4. The smallest absolute Gasteiger partial charge is 0.250 e. The number of ether oxygens (including phenoxy) is 1. The quantitative estimate of drug-likeness (QED) is 0.443. The predicted octanol–water partition coefficient (Wildman–Crippen LogP) is 4.02. The van der Waals surface area contributed by atoms with Gasteiger partial charge in [-0.3, -0.25) is 4.79 Å². The summed E-state index contributed by atoms with van der Waals surface area (Å²) in [6.45, 7) is 4.01. The third kappa shape index (κ3) is 4.23. The molecule has 1 fully saturated rings. The van der Waals surface area contributed by atoms with Crippen LogP contribution in [-0.4, -0.2) is 44.2 Å². The maximum absolute atomic E-state index is 14.2. The highest BCUT2D eigenvalue weighted by Crippen LogP contribution is 2.31. The second-order valence-electron chi connectivity index (χ2n) is 7.63. The number of rotatable bonds is 5. The van der Waals surface area contributed by atoms with Crippen molar-refractivity contribution < 1.29 is 18.3 Å². The first-order valence-electron chi connectivity index (χ1n) is 10.3. The molecule has 1 aliphatic rings. The Morgan fingerprint density at radius 1 is 1.22 bits per heavy atom. The average Bonchev–Trinajstić information content (AvgIpc) is 3.20. The molecule has 0 spiro atoms. The van der Waals surface area contributed by atoms with Crippen LogP contribution in [0.4, 0.5) is 8.78 Å². The van der Waals surface area contributed by atoms with E-state index in [9.17, 15) is 13.6 Å². The highest BCUT2D eigenvalue weighted by atomic mass is 19.1. The van der Waals surface area contributed by atoms with Crippen molar-refractivity contribution in [3.8, 4) is 11.4 Å². The number of likely N-dealkylation sites (tertiary alicyclic amines) is 1. The molecule has 0 unspecified atom stereocenters. The van der Waals surface area contributed by atoms with Gasteiger partial charge in [-0.2, -0.15) is 18.9 Å². The number of carbonyl (C=O) groups is 1. The number of nitrogens with zero attached hydrogens (tertiary/aromatic N) is 5. The molecule has 1 amide bonds. The minimum absolute atomic E-state index is 0.178. The molecule has 1 atom stereocenters. The molecule has 32 heavy (non-hydrogen) atoms. The largest absolute Gasteiger partial charge is 0.494 e. The Balaban J connectivity index is 1.60. The second kappa shape index (κ2) is 8.86. The molecule has 0 N–H and O–H groups in total. The van der Waals surface area contributed by atoms with E-state index in [0.717, 1.165) is 23.7 Å². The van der Waals surface area contributed by atoms with Crippen molar-refractivity contribution in [2.24, 2.45) is 0 Å². The lowest BCUT2D eigenvalue weighted by atomic mass is 9.97. The number of carbonyl (C=O) groups excluding carboxylic acids is 1. The highest BCUT2D eigenvalue weighted by molar-refractivity contribution is 5.98. The standard InChI is InChI=1S/C23H23F2N5O2/c1-14(18-7-9-21(24)27-22(18)25)29-10-4-5-17(23(29)31)11-16-6-8-19(20(12-16)32-3)30-13-26-15(2)28-30/h6-9,11-14H,4-5,10H2,1-3H3/t14-/m1/s1. The van der Waals surface area contributed by atoms with Crippen LogP contribution in [0.15, 0.2) is 42.2 Å². The molecule has 7 nitrogen and oxygen atoms in total. The van der Waals surface area contributed by atoms with Gasteiger partial charge in [0.1, 0.15) is 23.6 Å². The van der Waals surface area contributed by atoms with Gasteiger partial charge >= 0.3 is 0 Å². The first-order chi connectivity index (χ1) is 15.4. The zero-order valence-electron chi connectivity index (χ0n) is 18.0. The van der Waals surface area contributed by atoms with E-state index in [4.69, 9.17) is 4.74 Å². The van der Waals surface area contributed by atoms with Crippen LogP contribution in [-0.2, 0) is 4.79 Å². The van der Waals surface area contributed by atoms with Crippen molar-refractivity contribution in [3.63, 3.8) is 0 Å². The lowest BCUT2D eigenvalue weighted by molar-refractivity contribution is -0.130. The molecule has 1 aromatic carbocycles. The fourth-order valence-electron chi connectivity index (χ4n) is 3.87. The summed E-state index contributed by atoms with van der Waals surface area (Å²) in [5.74, 6) is -0.722. The van der Waals surface area contributed by atoms with Gasteiger partial charge in [-0.05, 0) is 62.6 Å². The molecule has 4 rings (SSSR count). The van der Waals surface area contributed by atoms with Gasteiger partial charge in [0.25, 0.3) is 0 Å². The molecule has 9 heteroatoms. The number of hydrogen-bond acceptors (Lipinski definition) is 5. The summed E-state index contributed by atoms with van der Waals surface area (Å²) in [5.41, 5.74) is 2.34. The topological polar surface area (TPSA) is 73.1 Å². The van der Waals surface area contributed by atoms with Crippen LogP contribution in [0.25, 0.3) is 11.8 Å². The van der Waals surface area contributed by atoms with E-state index in [2.05, 4.69) is 15.1 Å². The molecule has 3 heterocycles. The maximum Gasteiger partial charge on any atom is 0.250 e. The maximum atomic E-state index is 14.2. The molecule has 166 valence electrons. The van der Waals surface area contributed by atoms with Crippen LogP contribution in [0.2, 0.25) is 0 Å². The van der Waals surface area contributed by atoms with E-state index < -0.39 is 17.9 Å². The summed E-state index contributed by atoms with van der Waals surface area (Å²) in [6.07, 6.45) is 4.78. The van der Waals surface area contributed by atoms with E-state index in [1.54, 1.807) is 36.9 Å². The summed E-state index contributed by atoms with van der Waals surface area (Å²) in [5, 5.41) is 4.31. The van der Waals surface area contributed by atoms with E-state index in [1.807, 2.05) is 24.3 Å². The molecule has 1 saturated heterocycles. The summed E-state index contributed by atoms with van der Waals surface area (Å²) in [7, 11) is 1.57. The van der Waals surface area contributed by atoms with Gasteiger partial charge < -0.3 is 9.64 Å². The SMILES string of the molecule is COc1cc(C=C2CCCN([C@H](C)c3ccc(F)nc3F)C2=O)ccc1-n1cnc(C)n1. The Morgan fingerprint density at radius 3 is 2.72 bits per heavy atom. The highest BCUT2D eigenvalue weighted by Gasteiger charge is 2.29. The van der Waals surface area contributed by atoms with E-state index >= 15 is 0 Å². The fraction of sp³-hybridized carbons (Fsp3) is 0.304. The minimum atomic E-state index is -0.898. The summed E-state index contributed by atoms with van der Waals surface area (Å²) >= 11 is 0. The van der Waals surface area contributed by atoms with Gasteiger partial charge in [0, 0.05) is 17.7 Å². The van der Waals surface area contributed by atoms with Crippen LogP contribution in [0.3, 0.4) is 0 Å². The zero-order chi connectivity index (χ0) is 22.8. The summed E-state index contributed by atoms with van der Waals surface area (Å²) in [4.78, 5) is 22.1. The van der Waals surface area contributed by atoms with Crippen LogP contribution in [0.5, 0.6) is 5.75 Å². The normalized spacial score (nSPS) is 16.5. The molecule has 2 aromatic heterocycles. The first-order valence-corrected chi connectivity index (χ1v) is 10.3. The van der Waals surface area contributed by atoms with Crippen molar-refractivity contribution in [1.29, 1.82) is 0 Å². The minimum Gasteiger partial charge on any atom is -0.494 e. The van der Waals surface area contributed by atoms with Crippen molar-refractivity contribution in [1.82, 2.24) is 24.6 Å². The summed E-state index contributed by atoms with van der Waals surface area (Å²) in [6, 6.07) is 7.44. The molecule has 0 bridgehead atoms. The van der Waals surface area contributed by atoms with E-state index in [-0.39, 0.29) is 11.5 Å². The van der Waals surface area contributed by atoms with Crippen LogP contribution < -0.4 is 4.74 Å². The number of hydrogen-bond donors (Lipinski definition) is 0. The first kappa shape index (κ1) is 21.6. The van der Waals surface area contributed by atoms with Crippen molar-refractivity contribution in [2.45, 2.75) is 32.7 Å². The molecule has 0 radical (unpaired) electrons. The van der Waals surface area contributed by atoms with Gasteiger partial charge in [-0.15, -0.1) is 0 Å². The van der Waals surface area contributed by atoms with Crippen LogP contribution in [0, 0.1) is 18.8 Å². The number of pyridine rings is 1. The Hall–Kier alpha value is -3.62. The molecule has 1 aliphatic heterocycles. The van der Waals surface area contributed by atoms with Gasteiger partial charge in [0.2, 0.25) is 17.8 Å². The number of halogens is 2. The van der Waals surface area contributed by atoms with Crippen LogP contribution in [0.1, 0.15) is 42.8 Å². The van der Waals surface area contributed by atoms with Crippen LogP contribution >= 0.6 is 0 Å². The lowest BCUT2D eigenvalue weighted by Gasteiger charge is -2.34. The van der Waals surface area contributed by atoms with E-state index in [1.165, 1.54) is 6.07 Å². The molecule has 0 saturated carbocycles. The Kier molecular flexibility index (Phi) is 5.98. The lowest BCUT2D eigenvalue weighted by Crippen LogP contribution is -2.39. The Labute approximate surface area is 184 Å². The summed E-state index contributed by atoms with van der Waals surface area (Å²) < 4.78 is 34.5. The van der Waals surface area contributed by atoms with Gasteiger partial charge in [0.05, 0.1) is 13.2 Å². The molecular weight excluding hydrogens is 416 g/mol. The van der Waals surface area contributed by atoms with Gasteiger partial charge in [-0.25, -0.2) is 9.67 Å². The monoisotopic (exact) mass is 439 g/mol. The van der Waals surface area contributed by atoms with Crippen molar-refractivity contribution >= 4 is 12.0 Å². The fourth-order valence-corrected chi connectivity index (χ4v) is 3.87. The predicted molar refractivity (Wildman–Crippen MR) is 114 cm³/mol. The number of piperidine rings is 1. The average molecular weight is 439 g/mol. The van der Waals surface area contributed by atoms with Gasteiger partial charge in [0.15, 0.2) is 0 Å². The third-order valence-corrected chi connectivity index (χ3v) is 5.54. The molecule has 3 aromatic rings. The van der Waals surface area contributed by atoms with Gasteiger partial charge in [-0.1, -0.05) is 6.07 Å². The number of aryl methyl sites for hydroxylation is 1. The Morgan fingerprint density at radius 2 is 2.03 bits per heavy atom.